The van der Waals surface area contributed by atoms with Gasteiger partial charge in [0, 0.05) is 0 Å². The lowest BCUT2D eigenvalue weighted by atomic mass is 10.1. The minimum atomic E-state index is 0.0296. The summed E-state index contributed by atoms with van der Waals surface area (Å²) >= 11 is 5.88. The van der Waals surface area contributed by atoms with Gasteiger partial charge in [-0.25, -0.2) is 4.98 Å². The highest BCUT2D eigenvalue weighted by Crippen LogP contribution is 2.31. The van der Waals surface area contributed by atoms with Crippen molar-refractivity contribution >= 4 is 17.4 Å². The molecule has 0 bridgehead atoms. The van der Waals surface area contributed by atoms with Gasteiger partial charge in [-0.2, -0.15) is 0 Å². The number of rotatable bonds is 9. The Morgan fingerprint density at radius 3 is 2.46 bits per heavy atom. The third-order valence-electron chi connectivity index (χ3n) is 3.36. The summed E-state index contributed by atoms with van der Waals surface area (Å²) in [5, 5.41) is 3.65. The second-order valence-corrected chi connectivity index (χ2v) is 5.88. The highest BCUT2D eigenvalue weighted by atomic mass is 35.5. The molecule has 1 atom stereocenters. The van der Waals surface area contributed by atoms with Crippen molar-refractivity contribution in [3.8, 4) is 11.5 Å². The molecular formula is C18H24ClN3O2. The molecule has 130 valence electrons. The van der Waals surface area contributed by atoms with Crippen LogP contribution in [0.4, 0.5) is 5.82 Å². The van der Waals surface area contributed by atoms with Gasteiger partial charge in [-0.05, 0) is 37.5 Å². The lowest BCUT2D eigenvalue weighted by Crippen LogP contribution is -2.09. The molecule has 0 fully saturated rings. The minimum absolute atomic E-state index is 0.0296. The van der Waals surface area contributed by atoms with Crippen molar-refractivity contribution in [2.24, 2.45) is 0 Å². The molecule has 0 aliphatic heterocycles. The number of hydrogen-bond acceptors (Lipinski definition) is 5. The van der Waals surface area contributed by atoms with E-state index in [1.54, 1.807) is 6.20 Å². The Bertz CT molecular complexity index is 652. The Morgan fingerprint density at radius 2 is 1.79 bits per heavy atom. The lowest BCUT2D eigenvalue weighted by molar-refractivity contribution is 0.268. The van der Waals surface area contributed by atoms with Crippen molar-refractivity contribution in [3.63, 3.8) is 0 Å². The first kappa shape index (κ1) is 18.3. The van der Waals surface area contributed by atoms with E-state index in [4.69, 9.17) is 21.1 Å². The Labute approximate surface area is 148 Å². The molecule has 1 aromatic carbocycles. The van der Waals surface area contributed by atoms with E-state index < -0.39 is 0 Å². The van der Waals surface area contributed by atoms with Crippen LogP contribution in [0.5, 0.6) is 11.5 Å². The summed E-state index contributed by atoms with van der Waals surface area (Å²) in [5.41, 5.74) is 1.08. The van der Waals surface area contributed by atoms with Crippen LogP contribution in [-0.4, -0.2) is 23.2 Å². The van der Waals surface area contributed by atoms with Gasteiger partial charge in [-0.15, -0.1) is 0 Å². The molecule has 24 heavy (non-hydrogen) atoms. The molecule has 1 unspecified atom stereocenters. The molecule has 1 aromatic heterocycles. The zero-order valence-electron chi connectivity index (χ0n) is 14.4. The van der Waals surface area contributed by atoms with E-state index in [2.05, 4.69) is 29.1 Å². The van der Waals surface area contributed by atoms with Crippen LogP contribution in [0.3, 0.4) is 0 Å². The van der Waals surface area contributed by atoms with E-state index in [-0.39, 0.29) is 6.04 Å². The van der Waals surface area contributed by atoms with Crippen LogP contribution in [0.25, 0.3) is 0 Å². The summed E-state index contributed by atoms with van der Waals surface area (Å²) in [6.07, 6.45) is 5.06. The number of benzene rings is 1. The number of ether oxygens (including phenoxy) is 2. The lowest BCUT2D eigenvalue weighted by Gasteiger charge is -2.18. The van der Waals surface area contributed by atoms with Gasteiger partial charge in [0.1, 0.15) is 11.0 Å². The van der Waals surface area contributed by atoms with E-state index in [0.717, 1.165) is 29.9 Å². The van der Waals surface area contributed by atoms with Crippen LogP contribution >= 0.6 is 11.6 Å². The van der Waals surface area contributed by atoms with Crippen LogP contribution in [0.1, 0.15) is 45.2 Å². The molecule has 0 saturated carbocycles. The predicted molar refractivity (Wildman–Crippen MR) is 97.1 cm³/mol. The molecule has 5 nitrogen and oxygen atoms in total. The summed E-state index contributed by atoms with van der Waals surface area (Å²) in [7, 11) is 0. The SMILES string of the molecule is CCCOc1ccc(C(C)Nc2cncc(Cl)n2)cc1OCCC. The zero-order chi connectivity index (χ0) is 17.4. The molecule has 0 aliphatic carbocycles. The molecule has 2 rings (SSSR count). The van der Waals surface area contributed by atoms with Gasteiger partial charge in [-0.1, -0.05) is 31.5 Å². The third-order valence-corrected chi connectivity index (χ3v) is 3.54. The van der Waals surface area contributed by atoms with Crippen LogP contribution in [0.15, 0.2) is 30.6 Å². The maximum Gasteiger partial charge on any atom is 0.161 e. The molecular weight excluding hydrogens is 326 g/mol. The molecule has 0 radical (unpaired) electrons. The van der Waals surface area contributed by atoms with Gasteiger partial charge in [0.15, 0.2) is 11.5 Å². The highest BCUT2D eigenvalue weighted by molar-refractivity contribution is 6.29. The molecule has 0 aliphatic rings. The normalized spacial score (nSPS) is 11.8. The Balaban J connectivity index is 2.15. The number of hydrogen-bond donors (Lipinski definition) is 1. The average molecular weight is 350 g/mol. The van der Waals surface area contributed by atoms with Gasteiger partial charge in [0.25, 0.3) is 0 Å². The standard InChI is InChI=1S/C18H24ClN3O2/c1-4-8-23-15-7-6-14(10-16(15)24-9-5-2)13(3)21-18-12-20-11-17(19)22-18/h6-7,10-13H,4-5,8-9H2,1-3H3,(H,21,22). The maximum atomic E-state index is 5.88. The second-order valence-electron chi connectivity index (χ2n) is 5.50. The quantitative estimate of drug-likeness (QED) is 0.699. The monoisotopic (exact) mass is 349 g/mol. The molecule has 2 aromatic rings. The fourth-order valence-corrected chi connectivity index (χ4v) is 2.31. The predicted octanol–water partition coefficient (Wildman–Crippen LogP) is 4.88. The summed E-state index contributed by atoms with van der Waals surface area (Å²) < 4.78 is 11.6. The molecule has 6 heteroatoms. The van der Waals surface area contributed by atoms with E-state index >= 15 is 0 Å². The van der Waals surface area contributed by atoms with Crippen LogP contribution in [0, 0.1) is 0 Å². The first-order valence-corrected chi connectivity index (χ1v) is 8.65. The van der Waals surface area contributed by atoms with E-state index in [1.807, 2.05) is 25.1 Å². The first-order valence-electron chi connectivity index (χ1n) is 8.27. The Kier molecular flexibility index (Phi) is 7.12. The average Bonchev–Trinajstić information content (AvgIpc) is 2.58. The number of nitrogens with one attached hydrogen (secondary N) is 1. The topological polar surface area (TPSA) is 56.3 Å². The summed E-state index contributed by atoms with van der Waals surface area (Å²) in [6, 6.07) is 6.02. The summed E-state index contributed by atoms with van der Waals surface area (Å²) in [5.74, 6) is 2.19. The van der Waals surface area contributed by atoms with Crippen molar-refractivity contribution in [2.45, 2.75) is 39.7 Å². The number of aromatic nitrogens is 2. The number of halogens is 1. The number of anilines is 1. The second kappa shape index (κ2) is 9.33. The van der Waals surface area contributed by atoms with Crippen LogP contribution in [-0.2, 0) is 0 Å². The molecule has 0 amide bonds. The molecule has 0 saturated heterocycles. The molecule has 1 heterocycles. The van der Waals surface area contributed by atoms with Gasteiger partial charge in [0.2, 0.25) is 0 Å². The number of nitrogens with zero attached hydrogens (tertiary/aromatic N) is 2. The maximum absolute atomic E-state index is 5.88. The Morgan fingerprint density at radius 1 is 1.08 bits per heavy atom. The van der Waals surface area contributed by atoms with Crippen molar-refractivity contribution in [1.29, 1.82) is 0 Å². The minimum Gasteiger partial charge on any atom is -0.490 e. The van der Waals surface area contributed by atoms with Crippen molar-refractivity contribution in [2.75, 3.05) is 18.5 Å². The Hall–Kier alpha value is -2.01. The van der Waals surface area contributed by atoms with Crippen LogP contribution in [0.2, 0.25) is 5.15 Å². The smallest absolute Gasteiger partial charge is 0.161 e. The van der Waals surface area contributed by atoms with Gasteiger partial charge < -0.3 is 14.8 Å². The zero-order valence-corrected chi connectivity index (χ0v) is 15.1. The highest BCUT2D eigenvalue weighted by Gasteiger charge is 2.12. The van der Waals surface area contributed by atoms with Crippen molar-refractivity contribution in [3.05, 3.63) is 41.3 Å². The largest absolute Gasteiger partial charge is 0.490 e. The van der Waals surface area contributed by atoms with E-state index in [1.165, 1.54) is 6.20 Å². The van der Waals surface area contributed by atoms with E-state index in [9.17, 15) is 0 Å². The first-order chi connectivity index (χ1) is 11.6. The fourth-order valence-electron chi connectivity index (χ4n) is 2.17. The fraction of sp³-hybridized carbons (Fsp3) is 0.444. The van der Waals surface area contributed by atoms with Crippen LogP contribution < -0.4 is 14.8 Å². The van der Waals surface area contributed by atoms with Crippen molar-refractivity contribution in [1.82, 2.24) is 9.97 Å². The van der Waals surface area contributed by atoms with Gasteiger partial charge in [-0.3, -0.25) is 4.98 Å². The van der Waals surface area contributed by atoms with Crippen molar-refractivity contribution < 1.29 is 9.47 Å². The molecule has 1 N–H and O–H groups in total. The van der Waals surface area contributed by atoms with E-state index in [0.29, 0.717) is 24.2 Å². The summed E-state index contributed by atoms with van der Waals surface area (Å²) in [4.78, 5) is 8.24. The van der Waals surface area contributed by atoms with Gasteiger partial charge in [0.05, 0.1) is 31.6 Å². The van der Waals surface area contributed by atoms with Gasteiger partial charge >= 0.3 is 0 Å². The molecule has 0 spiro atoms. The summed E-state index contributed by atoms with van der Waals surface area (Å²) in [6.45, 7) is 7.55. The third kappa shape index (κ3) is 5.27.